The van der Waals surface area contributed by atoms with Gasteiger partial charge in [-0.25, -0.2) is 0 Å². The Balaban J connectivity index is 2.49. The summed E-state index contributed by atoms with van der Waals surface area (Å²) in [5.74, 6) is -2.81. The maximum absolute atomic E-state index is 11.9. The zero-order valence-electron chi connectivity index (χ0n) is 14.9. The second-order valence-electron chi connectivity index (χ2n) is 8.13. The van der Waals surface area contributed by atoms with Gasteiger partial charge in [0.2, 0.25) is 0 Å². The van der Waals surface area contributed by atoms with Crippen molar-refractivity contribution in [2.24, 2.45) is 11.3 Å². The van der Waals surface area contributed by atoms with Crippen molar-refractivity contribution in [1.29, 1.82) is 0 Å². The van der Waals surface area contributed by atoms with Gasteiger partial charge in [0.15, 0.2) is 0 Å². The molecule has 2 fully saturated rings. The van der Waals surface area contributed by atoms with Gasteiger partial charge in [-0.1, -0.05) is 6.92 Å². The van der Waals surface area contributed by atoms with Gasteiger partial charge >= 0.3 is 11.9 Å². The number of carbonyl (C=O) groups is 2. The van der Waals surface area contributed by atoms with Crippen molar-refractivity contribution in [2.45, 2.75) is 83.4 Å². The van der Waals surface area contributed by atoms with Crippen molar-refractivity contribution < 1.29 is 34.4 Å². The molecule has 0 aromatic rings. The van der Waals surface area contributed by atoms with E-state index in [0.29, 0.717) is 6.42 Å². The topological polar surface area (TPSA) is 113 Å². The fraction of sp³-hybridized carbons (Fsp3) is 0.882. The normalized spacial score (nSPS) is 43.0. The number of carbonyl (C=O) groups excluding carboxylic acids is 1. The molecule has 1 heterocycles. The molecule has 24 heavy (non-hydrogen) atoms. The lowest BCUT2D eigenvalue weighted by molar-refractivity contribution is -0.277. The molecule has 2 rings (SSSR count). The predicted octanol–water partition coefficient (Wildman–Crippen LogP) is 1.10. The Bertz CT molecular complexity index is 522. The molecule has 0 spiro atoms. The van der Waals surface area contributed by atoms with Crippen molar-refractivity contribution in [3.63, 3.8) is 0 Å². The second kappa shape index (κ2) is 5.97. The number of hydrogen-bond donors (Lipinski definition) is 3. The predicted molar refractivity (Wildman–Crippen MR) is 84.2 cm³/mol. The first-order valence-corrected chi connectivity index (χ1v) is 8.30. The molecule has 1 saturated carbocycles. The fourth-order valence-corrected chi connectivity index (χ4v) is 4.41. The summed E-state index contributed by atoms with van der Waals surface area (Å²) in [5.41, 5.74) is -3.67. The van der Waals surface area contributed by atoms with Crippen LogP contribution in [0.2, 0.25) is 0 Å². The van der Waals surface area contributed by atoms with Gasteiger partial charge in [-0.15, -0.1) is 0 Å². The number of ether oxygens (including phenoxy) is 2. The van der Waals surface area contributed by atoms with E-state index in [-0.39, 0.29) is 12.8 Å². The monoisotopic (exact) mass is 344 g/mol. The third-order valence-corrected chi connectivity index (χ3v) is 5.64. The third kappa shape index (κ3) is 3.17. The zero-order chi connectivity index (χ0) is 18.5. The van der Waals surface area contributed by atoms with Crippen LogP contribution >= 0.6 is 0 Å². The van der Waals surface area contributed by atoms with E-state index < -0.39 is 52.8 Å². The van der Waals surface area contributed by atoms with Crippen LogP contribution < -0.4 is 0 Å². The molecule has 0 radical (unpaired) electrons. The lowest BCUT2D eigenvalue weighted by Crippen LogP contribution is -2.68. The fourth-order valence-electron chi connectivity index (χ4n) is 4.41. The Morgan fingerprint density at radius 1 is 1.29 bits per heavy atom. The van der Waals surface area contributed by atoms with Crippen LogP contribution in [-0.2, 0) is 19.1 Å². The van der Waals surface area contributed by atoms with Crippen LogP contribution in [-0.4, -0.2) is 56.8 Å². The number of esters is 1. The largest absolute Gasteiger partial charge is 0.481 e. The van der Waals surface area contributed by atoms with Gasteiger partial charge in [0.25, 0.3) is 0 Å². The van der Waals surface area contributed by atoms with E-state index >= 15 is 0 Å². The average Bonchev–Trinajstić information content (AvgIpc) is 2.36. The summed E-state index contributed by atoms with van der Waals surface area (Å²) in [6.45, 7) is 7.68. The number of rotatable bonds is 3. The standard InChI is InChI=1S/C17H28O7/c1-9(18)23-12-8-11(15(2,3)21)24-10-6-7-16(4,22)13(14(19)20)17(10,12)5/h10-13,21-22H,6-8H2,1-5H3,(H,19,20)/t10-,11-,12-,13-,16+,17+/m1/s1. The maximum Gasteiger partial charge on any atom is 0.310 e. The first-order chi connectivity index (χ1) is 10.8. The third-order valence-electron chi connectivity index (χ3n) is 5.64. The van der Waals surface area contributed by atoms with Crippen LogP contribution in [0.1, 0.15) is 53.9 Å². The molecule has 3 N–H and O–H groups in total. The first-order valence-electron chi connectivity index (χ1n) is 8.30. The van der Waals surface area contributed by atoms with Crippen molar-refractivity contribution in [3.8, 4) is 0 Å². The van der Waals surface area contributed by atoms with Crippen molar-refractivity contribution in [3.05, 3.63) is 0 Å². The number of aliphatic carboxylic acids is 1. The molecule has 138 valence electrons. The molecule has 0 aromatic carbocycles. The summed E-state index contributed by atoms with van der Waals surface area (Å²) in [6.07, 6.45) is -1.02. The summed E-state index contributed by atoms with van der Waals surface area (Å²) in [6, 6.07) is 0. The number of carboxylic acid groups (broad SMARTS) is 1. The van der Waals surface area contributed by atoms with Crippen LogP contribution in [0, 0.1) is 11.3 Å². The number of carboxylic acids is 1. The number of aliphatic hydroxyl groups is 2. The summed E-state index contributed by atoms with van der Waals surface area (Å²) in [4.78, 5) is 23.5. The molecule has 0 bridgehead atoms. The molecule has 7 heteroatoms. The summed E-state index contributed by atoms with van der Waals surface area (Å²) >= 11 is 0. The Morgan fingerprint density at radius 3 is 2.33 bits per heavy atom. The van der Waals surface area contributed by atoms with E-state index in [0.717, 1.165) is 0 Å². The van der Waals surface area contributed by atoms with Crippen LogP contribution in [0.5, 0.6) is 0 Å². The van der Waals surface area contributed by atoms with Crippen LogP contribution in [0.25, 0.3) is 0 Å². The molecule has 1 saturated heterocycles. The molecule has 7 nitrogen and oxygen atoms in total. The Morgan fingerprint density at radius 2 is 1.88 bits per heavy atom. The molecule has 6 atom stereocenters. The minimum absolute atomic E-state index is 0.177. The molecular weight excluding hydrogens is 316 g/mol. The van der Waals surface area contributed by atoms with Crippen LogP contribution in [0.3, 0.4) is 0 Å². The van der Waals surface area contributed by atoms with Gasteiger partial charge in [0, 0.05) is 18.8 Å². The smallest absolute Gasteiger partial charge is 0.310 e. The Labute approximate surface area is 141 Å². The van der Waals surface area contributed by atoms with E-state index in [1.807, 2.05) is 0 Å². The highest BCUT2D eigenvalue weighted by molar-refractivity contribution is 5.73. The molecule has 0 unspecified atom stereocenters. The van der Waals surface area contributed by atoms with Crippen molar-refractivity contribution in [1.82, 2.24) is 0 Å². The molecule has 1 aliphatic carbocycles. The first kappa shape index (κ1) is 19.1. The number of hydrogen-bond acceptors (Lipinski definition) is 6. The highest BCUT2D eigenvalue weighted by Gasteiger charge is 2.64. The van der Waals surface area contributed by atoms with E-state index in [2.05, 4.69) is 0 Å². The molecule has 0 amide bonds. The van der Waals surface area contributed by atoms with E-state index in [9.17, 15) is 24.9 Å². The molecule has 1 aliphatic heterocycles. The van der Waals surface area contributed by atoms with Crippen molar-refractivity contribution in [2.75, 3.05) is 0 Å². The van der Waals surface area contributed by atoms with Crippen LogP contribution in [0.4, 0.5) is 0 Å². The minimum atomic E-state index is -1.43. The van der Waals surface area contributed by atoms with Gasteiger partial charge in [-0.3, -0.25) is 9.59 Å². The molecular formula is C17H28O7. The van der Waals surface area contributed by atoms with Crippen molar-refractivity contribution >= 4 is 11.9 Å². The van der Waals surface area contributed by atoms with Gasteiger partial charge in [-0.05, 0) is 33.6 Å². The highest BCUT2D eigenvalue weighted by atomic mass is 16.6. The quantitative estimate of drug-likeness (QED) is 0.657. The average molecular weight is 344 g/mol. The lowest BCUT2D eigenvalue weighted by atomic mass is 9.55. The van der Waals surface area contributed by atoms with Crippen LogP contribution in [0.15, 0.2) is 0 Å². The zero-order valence-corrected chi connectivity index (χ0v) is 14.9. The van der Waals surface area contributed by atoms with Gasteiger partial charge in [0.1, 0.15) is 6.10 Å². The SMILES string of the molecule is CC(=O)O[C@@H]1C[C@H](C(C)(C)O)O[C@@H]2CC[C@](C)(O)[C@@H](C(=O)O)[C@]12C. The highest BCUT2D eigenvalue weighted by Crippen LogP contribution is 2.55. The van der Waals surface area contributed by atoms with Gasteiger partial charge < -0.3 is 24.8 Å². The summed E-state index contributed by atoms with van der Waals surface area (Å²) in [7, 11) is 0. The Hall–Kier alpha value is -1.18. The summed E-state index contributed by atoms with van der Waals surface area (Å²) < 4.78 is 11.5. The Kier molecular flexibility index (Phi) is 4.76. The number of fused-ring (bicyclic) bond motifs is 1. The van der Waals surface area contributed by atoms with E-state index in [1.165, 1.54) is 13.8 Å². The molecule has 2 aliphatic rings. The minimum Gasteiger partial charge on any atom is -0.481 e. The molecule has 0 aromatic heterocycles. The lowest BCUT2D eigenvalue weighted by Gasteiger charge is -2.58. The van der Waals surface area contributed by atoms with E-state index in [4.69, 9.17) is 9.47 Å². The second-order valence-corrected chi connectivity index (χ2v) is 8.13. The maximum atomic E-state index is 11.9. The van der Waals surface area contributed by atoms with Gasteiger partial charge in [0.05, 0.1) is 29.3 Å². The summed E-state index contributed by atoms with van der Waals surface area (Å²) in [5, 5.41) is 30.7. The van der Waals surface area contributed by atoms with E-state index in [1.54, 1.807) is 20.8 Å². The van der Waals surface area contributed by atoms with Gasteiger partial charge in [-0.2, -0.15) is 0 Å².